The van der Waals surface area contributed by atoms with Gasteiger partial charge in [0.1, 0.15) is 18.0 Å². The lowest BCUT2D eigenvalue weighted by Crippen LogP contribution is -2.15. The highest BCUT2D eigenvalue weighted by Crippen LogP contribution is 2.43. The van der Waals surface area contributed by atoms with Crippen LogP contribution in [0.25, 0.3) is 11.3 Å². The van der Waals surface area contributed by atoms with E-state index in [1.54, 1.807) is 36.5 Å². The first-order valence-corrected chi connectivity index (χ1v) is 10.8. The van der Waals surface area contributed by atoms with Gasteiger partial charge in [-0.1, -0.05) is 23.7 Å². The number of allylic oxidation sites excluding steroid dienone is 3. The highest BCUT2D eigenvalue weighted by atomic mass is 35.5. The van der Waals surface area contributed by atoms with E-state index in [2.05, 4.69) is 20.3 Å². The molecule has 0 amide bonds. The van der Waals surface area contributed by atoms with Crippen LogP contribution in [-0.4, -0.2) is 33.4 Å². The number of aliphatic imine (C=N–C) groups is 1. The van der Waals surface area contributed by atoms with Gasteiger partial charge in [-0.15, -0.1) is 0 Å². The fourth-order valence-electron chi connectivity index (χ4n) is 4.01. The fraction of sp³-hybridized carbons (Fsp3) is 0.120. The predicted octanol–water partition coefficient (Wildman–Crippen LogP) is 6.23. The third kappa shape index (κ3) is 4.08. The molecule has 9 heteroatoms. The standard InChI is InChI=1S/C25H17ClF2N4O2/c26-15-6-9-17-18(10-15)23(21-19(27)2-1-3-20(21)28)29-11-14-12-30-25(32-22(14)17)31-16-7-4-13(5-8-16)24(33)34/h1-2,4-12,20,23H,3H2,(H,33,34)(H,30,31,32). The first-order valence-electron chi connectivity index (χ1n) is 10.4. The number of alkyl halides is 1. The second kappa shape index (κ2) is 8.79. The molecule has 0 fully saturated rings. The van der Waals surface area contributed by atoms with Crippen molar-refractivity contribution < 1.29 is 18.7 Å². The zero-order valence-corrected chi connectivity index (χ0v) is 18.3. The number of aromatic nitrogens is 2. The van der Waals surface area contributed by atoms with Gasteiger partial charge in [-0.2, -0.15) is 0 Å². The number of hydrogen-bond acceptors (Lipinski definition) is 5. The molecule has 5 rings (SSSR count). The van der Waals surface area contributed by atoms with Gasteiger partial charge in [-0.25, -0.2) is 23.5 Å². The van der Waals surface area contributed by atoms with Crippen LogP contribution in [0, 0.1) is 0 Å². The van der Waals surface area contributed by atoms with Crippen LogP contribution in [0.4, 0.5) is 20.4 Å². The van der Waals surface area contributed by atoms with Crippen LogP contribution in [0.15, 0.2) is 77.2 Å². The summed E-state index contributed by atoms with van der Waals surface area (Å²) < 4.78 is 29.5. The molecule has 1 aliphatic heterocycles. The zero-order valence-electron chi connectivity index (χ0n) is 17.5. The Morgan fingerprint density at radius 2 is 1.97 bits per heavy atom. The molecule has 2 unspecified atom stereocenters. The average molecular weight is 479 g/mol. The van der Waals surface area contributed by atoms with E-state index in [9.17, 15) is 13.6 Å². The van der Waals surface area contributed by atoms with Gasteiger partial charge in [0.05, 0.1) is 11.3 Å². The first kappa shape index (κ1) is 21.9. The summed E-state index contributed by atoms with van der Waals surface area (Å²) in [5.74, 6) is -1.40. The summed E-state index contributed by atoms with van der Waals surface area (Å²) in [5, 5.41) is 12.5. The van der Waals surface area contributed by atoms with E-state index in [-0.39, 0.29) is 23.5 Å². The number of benzene rings is 2. The summed E-state index contributed by atoms with van der Waals surface area (Å²) in [6.45, 7) is 0. The summed E-state index contributed by atoms with van der Waals surface area (Å²) in [4.78, 5) is 24.5. The largest absolute Gasteiger partial charge is 0.478 e. The zero-order chi connectivity index (χ0) is 23.8. The van der Waals surface area contributed by atoms with Crippen molar-refractivity contribution in [3.63, 3.8) is 0 Å². The topological polar surface area (TPSA) is 87.5 Å². The van der Waals surface area contributed by atoms with Crippen molar-refractivity contribution in [3.05, 3.63) is 93.9 Å². The van der Waals surface area contributed by atoms with E-state index < -0.39 is 24.0 Å². The second-order valence-corrected chi connectivity index (χ2v) is 8.26. The van der Waals surface area contributed by atoms with Crippen LogP contribution in [0.1, 0.15) is 33.9 Å². The van der Waals surface area contributed by atoms with Crippen LogP contribution in [-0.2, 0) is 0 Å². The summed E-state index contributed by atoms with van der Waals surface area (Å²) in [6.07, 6.45) is 4.39. The summed E-state index contributed by atoms with van der Waals surface area (Å²) in [6, 6.07) is 10.3. The number of hydrogen-bond donors (Lipinski definition) is 2. The molecule has 3 aromatic rings. The van der Waals surface area contributed by atoms with E-state index in [0.717, 1.165) is 0 Å². The number of halogens is 3. The highest BCUT2D eigenvalue weighted by molar-refractivity contribution is 6.30. The Morgan fingerprint density at radius 1 is 1.18 bits per heavy atom. The Hall–Kier alpha value is -3.91. The van der Waals surface area contributed by atoms with Crippen LogP contribution in [0.3, 0.4) is 0 Å². The molecule has 0 bridgehead atoms. The van der Waals surface area contributed by atoms with Crippen LogP contribution >= 0.6 is 11.6 Å². The number of rotatable bonds is 4. The lowest BCUT2D eigenvalue weighted by atomic mass is 9.88. The van der Waals surface area contributed by atoms with Gasteiger partial charge in [0.2, 0.25) is 5.95 Å². The van der Waals surface area contributed by atoms with Crippen molar-refractivity contribution in [3.8, 4) is 11.3 Å². The molecule has 2 aromatic carbocycles. The third-order valence-electron chi connectivity index (χ3n) is 5.65. The van der Waals surface area contributed by atoms with Crippen molar-refractivity contribution in [2.75, 3.05) is 5.32 Å². The van der Waals surface area contributed by atoms with E-state index in [1.807, 2.05) is 0 Å². The summed E-state index contributed by atoms with van der Waals surface area (Å²) >= 11 is 6.25. The van der Waals surface area contributed by atoms with Crippen molar-refractivity contribution in [2.45, 2.75) is 18.6 Å². The lowest BCUT2D eigenvalue weighted by molar-refractivity contribution is 0.0697. The van der Waals surface area contributed by atoms with E-state index in [1.165, 1.54) is 30.5 Å². The molecule has 0 saturated carbocycles. The predicted molar refractivity (Wildman–Crippen MR) is 126 cm³/mol. The Kier molecular flexibility index (Phi) is 5.67. The minimum Gasteiger partial charge on any atom is -0.478 e. The number of anilines is 2. The van der Waals surface area contributed by atoms with Gasteiger partial charge in [0, 0.05) is 46.2 Å². The van der Waals surface area contributed by atoms with Gasteiger partial charge in [0.15, 0.2) is 0 Å². The Balaban J connectivity index is 1.57. The van der Waals surface area contributed by atoms with E-state index >= 15 is 0 Å². The quantitative estimate of drug-likeness (QED) is 0.464. The van der Waals surface area contributed by atoms with Gasteiger partial charge >= 0.3 is 5.97 Å². The van der Waals surface area contributed by atoms with E-state index in [0.29, 0.717) is 33.1 Å². The molecule has 6 nitrogen and oxygen atoms in total. The maximum absolute atomic E-state index is 14.8. The maximum atomic E-state index is 14.8. The van der Waals surface area contributed by atoms with Gasteiger partial charge in [-0.3, -0.25) is 4.99 Å². The van der Waals surface area contributed by atoms with Crippen molar-refractivity contribution in [1.29, 1.82) is 0 Å². The first-order chi connectivity index (χ1) is 16.4. The molecule has 170 valence electrons. The van der Waals surface area contributed by atoms with Gasteiger partial charge in [0.25, 0.3) is 0 Å². The normalized spacial score (nSPS) is 18.8. The number of nitrogens with one attached hydrogen (secondary N) is 1. The molecule has 2 atom stereocenters. The van der Waals surface area contributed by atoms with Crippen LogP contribution < -0.4 is 5.32 Å². The number of carbonyl (C=O) groups is 1. The molecule has 0 spiro atoms. The minimum absolute atomic E-state index is 0.0418. The molecule has 0 saturated heterocycles. The molecule has 2 heterocycles. The van der Waals surface area contributed by atoms with Crippen LogP contribution in [0.2, 0.25) is 5.02 Å². The van der Waals surface area contributed by atoms with Gasteiger partial charge < -0.3 is 10.4 Å². The highest BCUT2D eigenvalue weighted by Gasteiger charge is 2.32. The average Bonchev–Trinajstić information content (AvgIpc) is 2.96. The van der Waals surface area contributed by atoms with Crippen molar-refractivity contribution >= 4 is 35.4 Å². The maximum Gasteiger partial charge on any atom is 0.335 e. The molecule has 1 aliphatic carbocycles. The lowest BCUT2D eigenvalue weighted by Gasteiger charge is -2.23. The smallest absolute Gasteiger partial charge is 0.335 e. The molecular formula is C25H17ClF2N4O2. The molecule has 1 aromatic heterocycles. The summed E-state index contributed by atoms with van der Waals surface area (Å²) in [5.41, 5.74) is 3.01. The van der Waals surface area contributed by atoms with E-state index in [4.69, 9.17) is 16.7 Å². The number of nitrogens with zero attached hydrogens (tertiary/aromatic N) is 3. The Labute approximate surface area is 198 Å². The molecule has 34 heavy (non-hydrogen) atoms. The fourth-order valence-corrected chi connectivity index (χ4v) is 4.19. The number of fused-ring (bicyclic) bond motifs is 3. The molecule has 0 radical (unpaired) electrons. The molecule has 2 aliphatic rings. The van der Waals surface area contributed by atoms with Crippen molar-refractivity contribution in [2.24, 2.45) is 4.99 Å². The van der Waals surface area contributed by atoms with Crippen LogP contribution in [0.5, 0.6) is 0 Å². The second-order valence-electron chi connectivity index (χ2n) is 7.83. The van der Waals surface area contributed by atoms with Crippen molar-refractivity contribution in [1.82, 2.24) is 9.97 Å². The minimum atomic E-state index is -1.50. The number of aromatic carboxylic acids is 1. The third-order valence-corrected chi connectivity index (χ3v) is 5.88. The monoisotopic (exact) mass is 478 g/mol. The number of carboxylic acids is 1. The number of carboxylic acid groups (broad SMARTS) is 1. The SMILES string of the molecule is O=C(O)c1ccc(Nc2ncc3c(n2)-c2ccc(Cl)cc2C(C2=C(F)C=CCC2F)N=C3)cc1. The molecule has 2 N–H and O–H groups in total. The Bertz CT molecular complexity index is 1390. The Morgan fingerprint density at radius 3 is 2.71 bits per heavy atom. The molecular weight excluding hydrogens is 462 g/mol. The summed E-state index contributed by atoms with van der Waals surface area (Å²) in [7, 11) is 0. The van der Waals surface area contributed by atoms with Gasteiger partial charge in [-0.05, 0) is 48.0 Å².